The Morgan fingerprint density at radius 2 is 2.15 bits per heavy atom. The number of aliphatic carboxylic acids is 1. The van der Waals surface area contributed by atoms with Gasteiger partial charge in [0, 0.05) is 0 Å². The molecule has 2 heterocycles. The lowest BCUT2D eigenvalue weighted by molar-refractivity contribution is -0.171. The van der Waals surface area contributed by atoms with Gasteiger partial charge in [-0.15, -0.1) is 0 Å². The third kappa shape index (κ3) is 1.42. The first-order valence-electron chi connectivity index (χ1n) is 6.21. The van der Waals surface area contributed by atoms with Gasteiger partial charge in [0.2, 0.25) is 11.4 Å². The molecule has 1 amide bonds. The molecule has 2 aliphatic heterocycles. The molecule has 1 aromatic rings. The van der Waals surface area contributed by atoms with E-state index in [0.29, 0.717) is 5.56 Å². The van der Waals surface area contributed by atoms with Crippen molar-refractivity contribution in [2.75, 3.05) is 6.61 Å². The topological polar surface area (TPSA) is 87.1 Å². The summed E-state index contributed by atoms with van der Waals surface area (Å²) in [6.07, 6.45) is 0.883. The molecule has 0 aromatic heterocycles. The molecule has 104 valence electrons. The van der Waals surface area contributed by atoms with E-state index < -0.39 is 17.7 Å². The Bertz CT molecular complexity index is 597. The smallest absolute Gasteiger partial charge is 0.342 e. The molecule has 0 unspecified atom stereocenters. The van der Waals surface area contributed by atoms with Crippen LogP contribution in [0.15, 0.2) is 42.2 Å². The van der Waals surface area contributed by atoms with Gasteiger partial charge >= 0.3 is 5.97 Å². The Hall–Kier alpha value is -2.34. The van der Waals surface area contributed by atoms with Gasteiger partial charge < -0.3 is 14.9 Å². The molecule has 2 fully saturated rings. The Morgan fingerprint density at radius 1 is 1.45 bits per heavy atom. The molecule has 6 heteroatoms. The lowest BCUT2D eigenvalue weighted by atomic mass is 9.84. The van der Waals surface area contributed by atoms with Gasteiger partial charge in [-0.3, -0.25) is 9.69 Å². The van der Waals surface area contributed by atoms with E-state index in [9.17, 15) is 14.7 Å². The SMILES string of the molecule is O=C1C[C@H]2O/C(=C\CO)[C@@](C(=O)O)(c3ccccc3)N12. The van der Waals surface area contributed by atoms with Crippen LogP contribution in [0, 0.1) is 0 Å². The molecule has 0 aliphatic carbocycles. The Morgan fingerprint density at radius 3 is 2.70 bits per heavy atom. The van der Waals surface area contributed by atoms with Crippen molar-refractivity contribution >= 4 is 11.9 Å². The van der Waals surface area contributed by atoms with Crippen LogP contribution < -0.4 is 0 Å². The number of ether oxygens (including phenoxy) is 1. The second-order valence-electron chi connectivity index (χ2n) is 4.67. The molecule has 2 atom stereocenters. The molecule has 6 nitrogen and oxygen atoms in total. The molecule has 2 aliphatic rings. The van der Waals surface area contributed by atoms with E-state index in [-0.39, 0.29) is 24.7 Å². The van der Waals surface area contributed by atoms with E-state index in [2.05, 4.69) is 0 Å². The number of carboxylic acid groups (broad SMARTS) is 1. The number of fused-ring (bicyclic) bond motifs is 1. The van der Waals surface area contributed by atoms with Crippen molar-refractivity contribution in [3.8, 4) is 0 Å². The number of hydrogen-bond donors (Lipinski definition) is 2. The molecule has 0 bridgehead atoms. The molecular weight excluding hydrogens is 262 g/mol. The van der Waals surface area contributed by atoms with Gasteiger partial charge in [-0.05, 0) is 11.6 Å². The predicted octanol–water partition coefficient (Wildman–Crippen LogP) is 0.431. The minimum Gasteiger partial charge on any atom is -0.479 e. The fourth-order valence-corrected chi connectivity index (χ4v) is 2.81. The Kier molecular flexibility index (Phi) is 2.76. The zero-order valence-corrected chi connectivity index (χ0v) is 10.5. The number of aliphatic hydroxyl groups excluding tert-OH is 1. The quantitative estimate of drug-likeness (QED) is 0.781. The number of carbonyl (C=O) groups is 2. The van der Waals surface area contributed by atoms with Crippen molar-refractivity contribution < 1.29 is 24.5 Å². The van der Waals surface area contributed by atoms with Crippen molar-refractivity contribution in [1.29, 1.82) is 0 Å². The fraction of sp³-hybridized carbons (Fsp3) is 0.286. The van der Waals surface area contributed by atoms with Crippen LogP contribution in [0.1, 0.15) is 12.0 Å². The van der Waals surface area contributed by atoms with E-state index in [1.165, 1.54) is 11.0 Å². The van der Waals surface area contributed by atoms with Crippen molar-refractivity contribution in [2.24, 2.45) is 0 Å². The maximum atomic E-state index is 11.9. The van der Waals surface area contributed by atoms with Gasteiger partial charge in [-0.1, -0.05) is 30.3 Å². The van der Waals surface area contributed by atoms with Crippen LogP contribution in [-0.2, 0) is 19.9 Å². The summed E-state index contributed by atoms with van der Waals surface area (Å²) in [7, 11) is 0. The summed E-state index contributed by atoms with van der Waals surface area (Å²) in [5.74, 6) is -1.38. The highest BCUT2D eigenvalue weighted by Gasteiger charge is 2.65. The first-order chi connectivity index (χ1) is 9.62. The molecular formula is C14H13NO5. The maximum absolute atomic E-state index is 11.9. The average Bonchev–Trinajstić information content (AvgIpc) is 2.70. The van der Waals surface area contributed by atoms with E-state index in [1.54, 1.807) is 30.3 Å². The second kappa shape index (κ2) is 4.35. The van der Waals surface area contributed by atoms with Crippen LogP contribution in [0.5, 0.6) is 0 Å². The minimum absolute atomic E-state index is 0.0922. The van der Waals surface area contributed by atoms with Crippen molar-refractivity contribution in [3.63, 3.8) is 0 Å². The number of hydrogen-bond acceptors (Lipinski definition) is 4. The summed E-state index contributed by atoms with van der Waals surface area (Å²) in [5.41, 5.74) is -1.24. The molecule has 1 aromatic carbocycles. The van der Waals surface area contributed by atoms with E-state index in [0.717, 1.165) is 0 Å². The highest BCUT2D eigenvalue weighted by atomic mass is 16.5. The van der Waals surface area contributed by atoms with E-state index in [4.69, 9.17) is 9.84 Å². The van der Waals surface area contributed by atoms with Gasteiger partial charge in [0.15, 0.2) is 6.23 Å². The lowest BCUT2D eigenvalue weighted by Crippen LogP contribution is -2.60. The first kappa shape index (κ1) is 12.7. The van der Waals surface area contributed by atoms with Gasteiger partial charge in [0.1, 0.15) is 5.76 Å². The maximum Gasteiger partial charge on any atom is 0.342 e. The van der Waals surface area contributed by atoms with Crippen LogP contribution in [0.4, 0.5) is 0 Å². The van der Waals surface area contributed by atoms with Crippen molar-refractivity contribution in [3.05, 3.63) is 47.7 Å². The summed E-state index contributed by atoms with van der Waals surface area (Å²) in [5, 5.41) is 18.9. The lowest BCUT2D eigenvalue weighted by Gasteiger charge is -2.40. The van der Waals surface area contributed by atoms with Crippen LogP contribution in [0.3, 0.4) is 0 Å². The summed E-state index contributed by atoms with van der Waals surface area (Å²) < 4.78 is 5.53. The predicted molar refractivity (Wildman–Crippen MR) is 67.3 cm³/mol. The largest absolute Gasteiger partial charge is 0.479 e. The molecule has 20 heavy (non-hydrogen) atoms. The number of aliphatic hydroxyl groups is 1. The highest BCUT2D eigenvalue weighted by Crippen LogP contribution is 2.50. The van der Waals surface area contributed by atoms with Gasteiger partial charge in [0.05, 0.1) is 13.0 Å². The van der Waals surface area contributed by atoms with Gasteiger partial charge in [-0.25, -0.2) is 4.79 Å². The molecule has 2 saturated heterocycles. The van der Waals surface area contributed by atoms with Gasteiger partial charge in [0.25, 0.3) is 0 Å². The third-order valence-corrected chi connectivity index (χ3v) is 3.66. The van der Waals surface area contributed by atoms with Crippen LogP contribution in [0.2, 0.25) is 0 Å². The number of rotatable bonds is 3. The van der Waals surface area contributed by atoms with Crippen molar-refractivity contribution in [2.45, 2.75) is 18.2 Å². The summed E-state index contributed by atoms with van der Waals surface area (Å²) in [6.45, 7) is -0.355. The normalized spacial score (nSPS) is 29.9. The average molecular weight is 275 g/mol. The monoisotopic (exact) mass is 275 g/mol. The molecule has 0 spiro atoms. The van der Waals surface area contributed by atoms with Crippen molar-refractivity contribution in [1.82, 2.24) is 4.90 Å². The zero-order valence-electron chi connectivity index (χ0n) is 10.5. The number of carbonyl (C=O) groups excluding carboxylic acids is 1. The second-order valence-corrected chi connectivity index (χ2v) is 4.67. The fourth-order valence-electron chi connectivity index (χ4n) is 2.81. The molecule has 2 N–H and O–H groups in total. The Balaban J connectivity index is 2.23. The molecule has 0 radical (unpaired) electrons. The van der Waals surface area contributed by atoms with Crippen LogP contribution >= 0.6 is 0 Å². The Labute approximate surface area is 114 Å². The number of benzene rings is 1. The van der Waals surface area contributed by atoms with E-state index in [1.807, 2.05) is 0 Å². The highest BCUT2D eigenvalue weighted by molar-refractivity contribution is 5.95. The molecule has 3 rings (SSSR count). The third-order valence-electron chi connectivity index (χ3n) is 3.66. The molecule has 0 saturated carbocycles. The van der Waals surface area contributed by atoms with Crippen LogP contribution in [0.25, 0.3) is 0 Å². The summed E-state index contributed by atoms with van der Waals surface area (Å²) >= 11 is 0. The summed E-state index contributed by atoms with van der Waals surface area (Å²) in [6, 6.07) is 8.44. The number of nitrogens with zero attached hydrogens (tertiary/aromatic N) is 1. The van der Waals surface area contributed by atoms with E-state index >= 15 is 0 Å². The van der Waals surface area contributed by atoms with Gasteiger partial charge in [-0.2, -0.15) is 0 Å². The first-order valence-corrected chi connectivity index (χ1v) is 6.21. The number of amides is 1. The summed E-state index contributed by atoms with van der Waals surface area (Å²) in [4.78, 5) is 25.0. The standard InChI is InChI=1S/C14H13NO5/c16-7-6-10-14(13(18)19,9-4-2-1-3-5-9)15-11(17)8-12(15)20-10/h1-6,12,16H,7-8H2,(H,18,19)/b10-6-/t12-,14-/m1/s1. The number of β-lactam (4-membered cyclic amide) rings is 1. The minimum atomic E-state index is -1.68. The number of carboxylic acids is 1. The zero-order chi connectivity index (χ0) is 14.3. The van der Waals surface area contributed by atoms with Crippen LogP contribution in [-0.4, -0.2) is 39.8 Å².